The Balaban J connectivity index is 1.43. The van der Waals surface area contributed by atoms with Crippen LogP contribution in [0, 0.1) is 5.92 Å². The monoisotopic (exact) mass is 317 g/mol. The number of piperidine rings is 1. The van der Waals surface area contributed by atoms with Gasteiger partial charge in [-0.25, -0.2) is 0 Å². The molecule has 0 unspecified atom stereocenters. The predicted molar refractivity (Wildman–Crippen MR) is 89.1 cm³/mol. The number of aromatic nitrogens is 3. The van der Waals surface area contributed by atoms with Gasteiger partial charge in [0.25, 0.3) is 5.91 Å². The molecular weight excluding hydrogens is 290 g/mol. The van der Waals surface area contributed by atoms with Gasteiger partial charge >= 0.3 is 0 Å². The quantitative estimate of drug-likeness (QED) is 0.786. The summed E-state index contributed by atoms with van der Waals surface area (Å²) in [5, 5.41) is 14.5. The number of rotatable bonds is 6. The molecule has 1 aromatic rings. The lowest BCUT2D eigenvalue weighted by Gasteiger charge is -2.22. The second-order valence-electron chi connectivity index (χ2n) is 6.65. The Morgan fingerprint density at radius 2 is 2.35 bits per heavy atom. The lowest BCUT2D eigenvalue weighted by atomic mass is 9.97. The van der Waals surface area contributed by atoms with Gasteiger partial charge < -0.3 is 10.6 Å². The molecular formula is C17H27N5O. The van der Waals surface area contributed by atoms with Crippen LogP contribution in [0.5, 0.6) is 0 Å². The summed E-state index contributed by atoms with van der Waals surface area (Å²) in [7, 11) is 0. The fourth-order valence-corrected chi connectivity index (χ4v) is 3.39. The molecule has 0 aromatic carbocycles. The first-order valence-electron chi connectivity index (χ1n) is 8.88. The topological polar surface area (TPSA) is 71.8 Å². The molecule has 6 nitrogen and oxygen atoms in total. The summed E-state index contributed by atoms with van der Waals surface area (Å²) < 4.78 is 1.80. The van der Waals surface area contributed by atoms with Gasteiger partial charge in [-0.2, -0.15) is 0 Å². The predicted octanol–water partition coefficient (Wildman–Crippen LogP) is 1.90. The van der Waals surface area contributed by atoms with Crippen LogP contribution in [0.25, 0.3) is 0 Å². The summed E-state index contributed by atoms with van der Waals surface area (Å²) in [6.07, 6.45) is 12.4. The molecule has 126 valence electrons. The Morgan fingerprint density at radius 1 is 1.39 bits per heavy atom. The van der Waals surface area contributed by atoms with Crippen LogP contribution in [0.1, 0.15) is 55.4 Å². The Labute approximate surface area is 137 Å². The Morgan fingerprint density at radius 3 is 3.13 bits per heavy atom. The van der Waals surface area contributed by atoms with Crippen molar-refractivity contribution in [3.8, 4) is 0 Å². The molecule has 1 aliphatic carbocycles. The SMILES string of the molecule is O=C(NCCC1=CCCCC1)c1cn(C[C@@H]2CCCNC2)nn1. The number of hydrogen-bond donors (Lipinski definition) is 2. The van der Waals surface area contributed by atoms with Gasteiger partial charge in [-0.3, -0.25) is 9.48 Å². The number of allylic oxidation sites excluding steroid dienone is 1. The van der Waals surface area contributed by atoms with E-state index < -0.39 is 0 Å². The fraction of sp³-hybridized carbons (Fsp3) is 0.706. The normalized spacial score (nSPS) is 21.7. The molecule has 1 aromatic heterocycles. The maximum absolute atomic E-state index is 12.1. The van der Waals surface area contributed by atoms with Crippen LogP contribution in [0.15, 0.2) is 17.8 Å². The number of nitrogens with zero attached hydrogens (tertiary/aromatic N) is 3. The summed E-state index contributed by atoms with van der Waals surface area (Å²) in [6.45, 7) is 3.65. The van der Waals surface area contributed by atoms with E-state index in [1.165, 1.54) is 44.1 Å². The molecule has 6 heteroatoms. The standard InChI is InChI=1S/C17H27N5O/c23-17(19-10-8-14-5-2-1-3-6-14)16-13-22(21-20-16)12-15-7-4-9-18-11-15/h5,13,15,18H,1-4,6-12H2,(H,19,23)/t15-/m1/s1. The largest absolute Gasteiger partial charge is 0.350 e. The molecule has 0 spiro atoms. The number of carbonyl (C=O) groups excluding carboxylic acids is 1. The highest BCUT2D eigenvalue weighted by Gasteiger charge is 2.16. The van der Waals surface area contributed by atoms with Crippen LogP contribution in [0.3, 0.4) is 0 Å². The molecule has 3 rings (SSSR count). The molecule has 2 N–H and O–H groups in total. The van der Waals surface area contributed by atoms with Gasteiger partial charge in [0.05, 0.1) is 6.20 Å². The Bertz CT molecular complexity index is 545. The van der Waals surface area contributed by atoms with E-state index in [9.17, 15) is 4.79 Å². The molecule has 1 atom stereocenters. The highest BCUT2D eigenvalue weighted by atomic mass is 16.2. The Kier molecular flexibility index (Phi) is 5.80. The smallest absolute Gasteiger partial charge is 0.273 e. The Hall–Kier alpha value is -1.69. The van der Waals surface area contributed by atoms with E-state index in [2.05, 4.69) is 27.0 Å². The maximum atomic E-state index is 12.1. The van der Waals surface area contributed by atoms with Gasteiger partial charge in [-0.05, 0) is 64.0 Å². The van der Waals surface area contributed by atoms with E-state index in [4.69, 9.17) is 0 Å². The molecule has 1 amide bonds. The number of hydrogen-bond acceptors (Lipinski definition) is 4. The average molecular weight is 317 g/mol. The van der Waals surface area contributed by atoms with Crippen LogP contribution in [0.2, 0.25) is 0 Å². The molecule has 23 heavy (non-hydrogen) atoms. The van der Waals surface area contributed by atoms with Gasteiger partial charge in [0.15, 0.2) is 5.69 Å². The molecule has 0 bridgehead atoms. The fourth-order valence-electron chi connectivity index (χ4n) is 3.39. The van der Waals surface area contributed by atoms with E-state index in [0.29, 0.717) is 18.2 Å². The van der Waals surface area contributed by atoms with E-state index in [0.717, 1.165) is 26.1 Å². The first-order valence-corrected chi connectivity index (χ1v) is 8.88. The maximum Gasteiger partial charge on any atom is 0.273 e. The number of nitrogens with one attached hydrogen (secondary N) is 2. The van der Waals surface area contributed by atoms with Crippen molar-refractivity contribution in [3.63, 3.8) is 0 Å². The van der Waals surface area contributed by atoms with Crippen molar-refractivity contribution in [1.82, 2.24) is 25.6 Å². The molecule has 0 radical (unpaired) electrons. The van der Waals surface area contributed by atoms with Gasteiger partial charge in [0.2, 0.25) is 0 Å². The van der Waals surface area contributed by atoms with Crippen molar-refractivity contribution < 1.29 is 4.79 Å². The third-order valence-corrected chi connectivity index (χ3v) is 4.73. The zero-order valence-corrected chi connectivity index (χ0v) is 13.8. The van der Waals surface area contributed by atoms with Crippen molar-refractivity contribution >= 4 is 5.91 Å². The van der Waals surface area contributed by atoms with E-state index in [1.807, 2.05) is 0 Å². The van der Waals surface area contributed by atoms with Gasteiger partial charge in [0, 0.05) is 13.1 Å². The molecule has 2 heterocycles. The minimum absolute atomic E-state index is 0.116. The zero-order chi connectivity index (χ0) is 15.9. The van der Waals surface area contributed by atoms with Gasteiger partial charge in [0.1, 0.15) is 0 Å². The zero-order valence-electron chi connectivity index (χ0n) is 13.8. The summed E-state index contributed by atoms with van der Waals surface area (Å²) >= 11 is 0. The second-order valence-corrected chi connectivity index (χ2v) is 6.65. The van der Waals surface area contributed by atoms with Crippen LogP contribution in [-0.2, 0) is 6.54 Å². The first kappa shape index (κ1) is 16.2. The van der Waals surface area contributed by atoms with Crippen molar-refractivity contribution in [3.05, 3.63) is 23.5 Å². The first-order chi connectivity index (χ1) is 11.3. The minimum atomic E-state index is -0.116. The second kappa shape index (κ2) is 8.24. The molecule has 1 aliphatic heterocycles. The number of amides is 1. The average Bonchev–Trinajstić information content (AvgIpc) is 3.05. The van der Waals surface area contributed by atoms with E-state index >= 15 is 0 Å². The highest BCUT2D eigenvalue weighted by Crippen LogP contribution is 2.19. The molecule has 0 saturated carbocycles. The van der Waals surface area contributed by atoms with Gasteiger partial charge in [-0.1, -0.05) is 16.9 Å². The van der Waals surface area contributed by atoms with Crippen LogP contribution in [-0.4, -0.2) is 40.5 Å². The summed E-state index contributed by atoms with van der Waals surface area (Å²) in [4.78, 5) is 12.1. The lowest BCUT2D eigenvalue weighted by Crippen LogP contribution is -2.32. The van der Waals surface area contributed by atoms with Crippen molar-refractivity contribution in [1.29, 1.82) is 0 Å². The van der Waals surface area contributed by atoms with Crippen molar-refractivity contribution in [2.45, 2.75) is 51.5 Å². The molecule has 1 saturated heterocycles. The van der Waals surface area contributed by atoms with Crippen molar-refractivity contribution in [2.24, 2.45) is 5.92 Å². The van der Waals surface area contributed by atoms with E-state index in [1.54, 1.807) is 10.9 Å². The lowest BCUT2D eigenvalue weighted by molar-refractivity contribution is 0.0949. The minimum Gasteiger partial charge on any atom is -0.350 e. The third kappa shape index (κ3) is 4.89. The summed E-state index contributed by atoms with van der Waals surface area (Å²) in [5.74, 6) is 0.467. The van der Waals surface area contributed by atoms with Crippen molar-refractivity contribution in [2.75, 3.05) is 19.6 Å². The molecule has 1 fully saturated rings. The highest BCUT2D eigenvalue weighted by molar-refractivity contribution is 5.91. The van der Waals surface area contributed by atoms with E-state index in [-0.39, 0.29) is 5.91 Å². The van der Waals surface area contributed by atoms with Crippen LogP contribution >= 0.6 is 0 Å². The third-order valence-electron chi connectivity index (χ3n) is 4.73. The number of carbonyl (C=O) groups is 1. The summed E-state index contributed by atoms with van der Waals surface area (Å²) in [6, 6.07) is 0. The van der Waals surface area contributed by atoms with Gasteiger partial charge in [-0.15, -0.1) is 5.10 Å². The molecule has 2 aliphatic rings. The summed E-state index contributed by atoms with van der Waals surface area (Å²) in [5.41, 5.74) is 1.90. The van der Waals surface area contributed by atoms with Crippen LogP contribution in [0.4, 0.5) is 0 Å². The van der Waals surface area contributed by atoms with Crippen LogP contribution < -0.4 is 10.6 Å².